The van der Waals surface area contributed by atoms with E-state index in [0.29, 0.717) is 115 Å². The van der Waals surface area contributed by atoms with Crippen LogP contribution in [0.25, 0.3) is 27.7 Å². The Hall–Kier alpha value is -6.20. The molecule has 3 fully saturated rings. The number of likely N-dealkylation sites (tertiary alicyclic amines) is 1. The summed E-state index contributed by atoms with van der Waals surface area (Å²) in [5.41, 5.74) is 4.26. The second kappa shape index (κ2) is 20.7. The molecule has 3 aromatic rings. The van der Waals surface area contributed by atoms with Gasteiger partial charge in [-0.15, -0.1) is 0 Å². The number of imide groups is 2. The molecule has 1 atom stereocenters. The molecule has 5 heterocycles. The first-order valence-electron chi connectivity index (χ1n) is 22.8. The summed E-state index contributed by atoms with van der Waals surface area (Å²) in [4.78, 5) is 77.9. The van der Waals surface area contributed by atoms with Crippen molar-refractivity contribution in [1.29, 1.82) is 5.41 Å². The summed E-state index contributed by atoms with van der Waals surface area (Å²) in [6.07, 6.45) is 14.1. The summed E-state index contributed by atoms with van der Waals surface area (Å²) in [5, 5.41) is 17.1. The van der Waals surface area contributed by atoms with E-state index in [1.54, 1.807) is 30.6 Å². The number of piperidine rings is 2. The molecule has 1 aliphatic carbocycles. The lowest BCUT2D eigenvalue weighted by Gasteiger charge is -2.32. The molecule has 4 N–H and O–H groups in total. The summed E-state index contributed by atoms with van der Waals surface area (Å²) < 4.78 is 36.1. The highest BCUT2D eigenvalue weighted by atomic mass is 19.1. The Morgan fingerprint density at radius 2 is 1.69 bits per heavy atom. The highest BCUT2D eigenvalue weighted by molar-refractivity contribution is 6.23. The lowest BCUT2D eigenvalue weighted by Crippen LogP contribution is -2.54. The molecular formula is C48H55F2N9O6. The number of carbonyl (C=O) groups is 5. The molecule has 0 radical (unpaired) electrons. The number of rotatable bonds is 17. The molecule has 5 aliphatic rings. The van der Waals surface area contributed by atoms with Crippen LogP contribution in [0.15, 0.2) is 65.6 Å². The number of nitrogens with one attached hydrogen (secondary N) is 4. The van der Waals surface area contributed by atoms with Gasteiger partial charge in [-0.25, -0.2) is 13.8 Å². The van der Waals surface area contributed by atoms with Gasteiger partial charge < -0.3 is 25.7 Å². The van der Waals surface area contributed by atoms with Crippen LogP contribution in [-0.4, -0.2) is 118 Å². The van der Waals surface area contributed by atoms with E-state index < -0.39 is 41.3 Å². The molecule has 5 amide bonds. The number of para-hydroxylation sites is 1. The van der Waals surface area contributed by atoms with Crippen LogP contribution in [0.2, 0.25) is 0 Å². The molecular weight excluding hydrogens is 837 g/mol. The first-order chi connectivity index (χ1) is 31.6. The van der Waals surface area contributed by atoms with Crippen LogP contribution < -0.4 is 16.0 Å². The van der Waals surface area contributed by atoms with E-state index in [9.17, 15) is 24.0 Å². The van der Waals surface area contributed by atoms with Crippen molar-refractivity contribution in [2.45, 2.75) is 95.7 Å². The third kappa shape index (κ3) is 10.4. The number of morpholine rings is 1. The Morgan fingerprint density at radius 1 is 0.938 bits per heavy atom. The van der Waals surface area contributed by atoms with Gasteiger partial charge in [0.1, 0.15) is 17.7 Å². The molecule has 17 heteroatoms. The first kappa shape index (κ1) is 45.4. The largest absolute Gasteiger partial charge is 0.387 e. The van der Waals surface area contributed by atoms with E-state index in [1.165, 1.54) is 18.3 Å². The molecule has 65 heavy (non-hydrogen) atoms. The molecule has 2 aromatic carbocycles. The van der Waals surface area contributed by atoms with Crippen molar-refractivity contribution in [2.24, 2.45) is 0 Å². The van der Waals surface area contributed by atoms with Crippen LogP contribution in [0.5, 0.6) is 0 Å². The number of nitrogens with zero attached hydrogens (tertiary/aromatic N) is 5. The number of hydrogen-bond acceptors (Lipinski definition) is 12. The van der Waals surface area contributed by atoms with Crippen molar-refractivity contribution in [3.05, 3.63) is 88.5 Å². The quantitative estimate of drug-likeness (QED) is 0.0806. The highest BCUT2D eigenvalue weighted by Gasteiger charge is 2.47. The van der Waals surface area contributed by atoms with E-state index in [-0.39, 0.29) is 36.9 Å². The van der Waals surface area contributed by atoms with E-state index in [1.807, 2.05) is 15.9 Å². The molecule has 0 spiro atoms. The van der Waals surface area contributed by atoms with Crippen LogP contribution in [-0.2, 0) is 35.3 Å². The molecule has 1 aromatic heterocycles. The van der Waals surface area contributed by atoms with Crippen LogP contribution in [0.3, 0.4) is 0 Å². The van der Waals surface area contributed by atoms with E-state index >= 15 is 8.78 Å². The van der Waals surface area contributed by atoms with Gasteiger partial charge in [0.2, 0.25) is 17.7 Å². The highest BCUT2D eigenvalue weighted by Crippen LogP contribution is 2.35. The van der Waals surface area contributed by atoms with Crippen LogP contribution in [0.4, 0.5) is 8.78 Å². The number of halogens is 2. The number of aromatic nitrogens is 2. The molecule has 3 saturated heterocycles. The standard InChI is InChI=1S/C48H55F2N9O6/c49-36-24-30(25-37(50)35(36)29-57-20-22-65-23-21-57)33-8-6-11-39-45(33)55-40(28-54-39)31(26-51)27-53-32-15-18-58(19-16-32)43(61)12-4-2-1-3-5-17-52-38-10-7-9-34-44(38)48(64)59(47(34)63)41-13-14-42(60)56-46(41)62/h6,8,10-11,24-28,32,41,51-53H,1-5,7,9,12-23,29H2,(H,56,60,62)/b31-27+,51-26?. The summed E-state index contributed by atoms with van der Waals surface area (Å²) in [5.74, 6) is -3.05. The second-order valence-electron chi connectivity index (χ2n) is 17.2. The van der Waals surface area contributed by atoms with Gasteiger partial charge in [-0.1, -0.05) is 37.5 Å². The maximum Gasteiger partial charge on any atom is 0.264 e. The third-order valence-corrected chi connectivity index (χ3v) is 12.9. The van der Waals surface area contributed by atoms with Gasteiger partial charge in [0.25, 0.3) is 11.8 Å². The number of unbranched alkanes of at least 4 members (excludes halogenated alkanes) is 4. The van der Waals surface area contributed by atoms with Crippen molar-refractivity contribution in [2.75, 3.05) is 45.9 Å². The fraction of sp³-hybridized carbons (Fsp3) is 0.458. The lowest BCUT2D eigenvalue weighted by atomic mass is 9.96. The average molecular weight is 892 g/mol. The van der Waals surface area contributed by atoms with E-state index in [4.69, 9.17) is 15.1 Å². The van der Waals surface area contributed by atoms with Crippen molar-refractivity contribution < 1.29 is 37.5 Å². The lowest BCUT2D eigenvalue weighted by molar-refractivity contribution is -0.150. The van der Waals surface area contributed by atoms with Crippen LogP contribution in [0.1, 0.15) is 88.3 Å². The van der Waals surface area contributed by atoms with E-state index in [2.05, 4.69) is 20.9 Å². The van der Waals surface area contributed by atoms with Gasteiger partial charge >= 0.3 is 0 Å². The average Bonchev–Trinajstić information content (AvgIpc) is 3.57. The number of ether oxygens (including phenoxy) is 1. The number of benzene rings is 2. The fourth-order valence-corrected chi connectivity index (χ4v) is 9.24. The number of allylic oxidation sites excluding steroid dienone is 2. The minimum absolute atomic E-state index is 0.0220. The van der Waals surface area contributed by atoms with Gasteiger partial charge in [-0.2, -0.15) is 0 Å². The van der Waals surface area contributed by atoms with Gasteiger partial charge in [0.05, 0.1) is 41.7 Å². The minimum Gasteiger partial charge on any atom is -0.387 e. The topological polar surface area (TPSA) is 190 Å². The minimum atomic E-state index is -0.978. The second-order valence-corrected chi connectivity index (χ2v) is 17.2. The summed E-state index contributed by atoms with van der Waals surface area (Å²) in [6.45, 7) is 4.33. The van der Waals surface area contributed by atoms with Gasteiger partial charge in [-0.05, 0) is 68.7 Å². The zero-order valence-electron chi connectivity index (χ0n) is 36.4. The predicted octanol–water partition coefficient (Wildman–Crippen LogP) is 5.06. The van der Waals surface area contributed by atoms with Crippen molar-refractivity contribution in [3.8, 4) is 11.1 Å². The number of hydrogen-bond donors (Lipinski definition) is 4. The Labute approximate surface area is 376 Å². The van der Waals surface area contributed by atoms with Crippen molar-refractivity contribution >= 4 is 52.4 Å². The molecule has 1 unspecified atom stereocenters. The summed E-state index contributed by atoms with van der Waals surface area (Å²) >= 11 is 0. The van der Waals surface area contributed by atoms with Crippen molar-refractivity contribution in [1.82, 2.24) is 40.6 Å². The third-order valence-electron chi connectivity index (χ3n) is 12.9. The molecule has 0 saturated carbocycles. The number of fused-ring (bicyclic) bond motifs is 1. The summed E-state index contributed by atoms with van der Waals surface area (Å²) in [7, 11) is 0. The van der Waals surface area contributed by atoms with Crippen LogP contribution >= 0.6 is 0 Å². The number of amides is 5. The van der Waals surface area contributed by atoms with Gasteiger partial charge in [0, 0.05) is 98.5 Å². The summed E-state index contributed by atoms with van der Waals surface area (Å²) in [6, 6.07) is 7.13. The van der Waals surface area contributed by atoms with Gasteiger partial charge in [0.15, 0.2) is 0 Å². The predicted molar refractivity (Wildman–Crippen MR) is 239 cm³/mol. The first-order valence-corrected chi connectivity index (χ1v) is 22.8. The Morgan fingerprint density at radius 3 is 2.45 bits per heavy atom. The van der Waals surface area contributed by atoms with E-state index in [0.717, 1.165) is 49.8 Å². The Balaban J connectivity index is 0.755. The molecule has 15 nitrogen and oxygen atoms in total. The maximum absolute atomic E-state index is 15.4. The SMILES string of the molecule is N=C/C(=C\NC1CCN(C(=O)CCCCCCCNC2=CCCC3=C2C(=O)N(C2CCC(=O)NC2=O)C3=O)CC1)c1cnc2cccc(-c3cc(F)c(CN4CCOCC4)c(F)c3)c2n1. The Kier molecular flexibility index (Phi) is 14.5. The zero-order chi connectivity index (χ0) is 45.5. The molecule has 8 rings (SSSR count). The normalized spacial score (nSPS) is 20.0. The fourth-order valence-electron chi connectivity index (χ4n) is 9.24. The maximum atomic E-state index is 15.4. The monoisotopic (exact) mass is 891 g/mol. The van der Waals surface area contributed by atoms with Gasteiger partial charge in [-0.3, -0.25) is 44.1 Å². The molecule has 342 valence electrons. The van der Waals surface area contributed by atoms with Crippen LogP contribution in [0, 0.1) is 17.0 Å². The molecule has 0 bridgehead atoms. The number of carbonyl (C=O) groups excluding carboxylic acids is 5. The zero-order valence-corrected chi connectivity index (χ0v) is 36.4. The van der Waals surface area contributed by atoms with Crippen molar-refractivity contribution in [3.63, 3.8) is 0 Å². The smallest absolute Gasteiger partial charge is 0.264 e. The molecule has 4 aliphatic heterocycles. The Bertz CT molecular complexity index is 2430.